The predicted octanol–water partition coefficient (Wildman–Crippen LogP) is 3.42. The number of aromatic nitrogens is 1. The maximum absolute atomic E-state index is 9.78. The van der Waals surface area contributed by atoms with Crippen LogP contribution in [0.4, 0.5) is 5.82 Å². The Balaban J connectivity index is 2.26. The Morgan fingerprint density at radius 2 is 2.00 bits per heavy atom. The fourth-order valence-electron chi connectivity index (χ4n) is 2.01. The van der Waals surface area contributed by atoms with Gasteiger partial charge in [0, 0.05) is 30.4 Å². The molecule has 1 unspecified atom stereocenters. The van der Waals surface area contributed by atoms with E-state index < -0.39 is 6.10 Å². The number of halogens is 1. The lowest BCUT2D eigenvalue weighted by molar-refractivity contribution is 0.199. The second kappa shape index (κ2) is 6.04. The maximum Gasteiger partial charge on any atom is 0.134 e. The number of aliphatic hydroxyl groups is 1. The average molecular weight is 277 g/mol. The molecule has 1 aromatic carbocycles. The van der Waals surface area contributed by atoms with Gasteiger partial charge in [-0.2, -0.15) is 0 Å². The van der Waals surface area contributed by atoms with E-state index in [1.165, 1.54) is 0 Å². The van der Waals surface area contributed by atoms with Crippen LogP contribution in [0.5, 0.6) is 0 Å². The van der Waals surface area contributed by atoms with Crippen molar-refractivity contribution in [1.82, 2.24) is 4.98 Å². The molecule has 0 bridgehead atoms. The lowest BCUT2D eigenvalue weighted by Gasteiger charge is -2.22. The van der Waals surface area contributed by atoms with E-state index in [1.54, 1.807) is 13.1 Å². The van der Waals surface area contributed by atoms with Gasteiger partial charge >= 0.3 is 0 Å². The van der Waals surface area contributed by atoms with Gasteiger partial charge in [0.25, 0.3) is 0 Å². The normalized spacial score (nSPS) is 12.2. The number of hydrogen-bond acceptors (Lipinski definition) is 3. The summed E-state index contributed by atoms with van der Waals surface area (Å²) < 4.78 is 0. The highest BCUT2D eigenvalue weighted by Crippen LogP contribution is 2.25. The van der Waals surface area contributed by atoms with Crippen molar-refractivity contribution in [3.8, 4) is 0 Å². The van der Waals surface area contributed by atoms with E-state index in [9.17, 15) is 5.11 Å². The Morgan fingerprint density at radius 3 is 2.68 bits per heavy atom. The van der Waals surface area contributed by atoms with Crippen LogP contribution in [0.25, 0.3) is 0 Å². The summed E-state index contributed by atoms with van der Waals surface area (Å²) in [5.74, 6) is 0.775. The molecule has 0 aliphatic carbocycles. The summed E-state index contributed by atoms with van der Waals surface area (Å²) in [5.41, 5.74) is 1.85. The monoisotopic (exact) mass is 276 g/mol. The number of anilines is 1. The SMILES string of the molecule is CC(O)c1cccnc1N(C)Cc1ccccc1Cl. The van der Waals surface area contributed by atoms with Crippen molar-refractivity contribution < 1.29 is 5.11 Å². The van der Waals surface area contributed by atoms with Crippen molar-refractivity contribution in [3.63, 3.8) is 0 Å². The van der Waals surface area contributed by atoms with E-state index in [-0.39, 0.29) is 0 Å². The zero-order valence-corrected chi connectivity index (χ0v) is 11.8. The molecule has 3 nitrogen and oxygen atoms in total. The first-order valence-electron chi connectivity index (χ1n) is 6.17. The van der Waals surface area contributed by atoms with Crippen LogP contribution in [0.15, 0.2) is 42.6 Å². The Morgan fingerprint density at radius 1 is 1.26 bits per heavy atom. The van der Waals surface area contributed by atoms with Crippen LogP contribution >= 0.6 is 11.6 Å². The van der Waals surface area contributed by atoms with Gasteiger partial charge in [0.2, 0.25) is 0 Å². The van der Waals surface area contributed by atoms with E-state index in [4.69, 9.17) is 11.6 Å². The van der Waals surface area contributed by atoms with Crippen LogP contribution in [0, 0.1) is 0 Å². The summed E-state index contributed by atoms with van der Waals surface area (Å²) in [5, 5.41) is 10.5. The van der Waals surface area contributed by atoms with Crippen molar-refractivity contribution in [1.29, 1.82) is 0 Å². The van der Waals surface area contributed by atoms with Crippen LogP contribution in [-0.2, 0) is 6.54 Å². The van der Waals surface area contributed by atoms with Gasteiger partial charge in [0.05, 0.1) is 6.10 Å². The van der Waals surface area contributed by atoms with E-state index in [0.29, 0.717) is 6.54 Å². The Hall–Kier alpha value is -1.58. The van der Waals surface area contributed by atoms with Gasteiger partial charge < -0.3 is 10.0 Å². The number of benzene rings is 1. The molecular formula is C15H17ClN2O. The first kappa shape index (κ1) is 13.8. The maximum atomic E-state index is 9.78. The van der Waals surface area contributed by atoms with Gasteiger partial charge in [0.1, 0.15) is 5.82 Å². The molecule has 2 rings (SSSR count). The summed E-state index contributed by atoms with van der Waals surface area (Å²) in [4.78, 5) is 6.34. The van der Waals surface area contributed by atoms with E-state index in [0.717, 1.165) is 22.0 Å². The quantitative estimate of drug-likeness (QED) is 0.929. The van der Waals surface area contributed by atoms with Gasteiger partial charge in [-0.1, -0.05) is 35.9 Å². The van der Waals surface area contributed by atoms with E-state index in [2.05, 4.69) is 4.98 Å². The molecule has 0 aliphatic heterocycles. The average Bonchev–Trinajstić information content (AvgIpc) is 2.41. The fraction of sp³-hybridized carbons (Fsp3) is 0.267. The fourth-order valence-corrected chi connectivity index (χ4v) is 2.21. The predicted molar refractivity (Wildman–Crippen MR) is 78.4 cm³/mol. The standard InChI is InChI=1S/C15H17ClN2O/c1-11(19)13-7-5-9-17-15(13)18(2)10-12-6-3-4-8-14(12)16/h3-9,11,19H,10H2,1-2H3. The molecule has 0 saturated heterocycles. The summed E-state index contributed by atoms with van der Waals surface area (Å²) in [6.45, 7) is 2.39. The summed E-state index contributed by atoms with van der Waals surface area (Å²) in [6, 6.07) is 11.4. The first-order chi connectivity index (χ1) is 9.09. The van der Waals surface area contributed by atoms with Gasteiger partial charge in [-0.05, 0) is 24.6 Å². The molecule has 1 aromatic heterocycles. The molecule has 19 heavy (non-hydrogen) atoms. The van der Waals surface area contributed by atoms with Crippen molar-refractivity contribution in [2.24, 2.45) is 0 Å². The highest BCUT2D eigenvalue weighted by Gasteiger charge is 2.13. The molecule has 1 N–H and O–H groups in total. The zero-order chi connectivity index (χ0) is 13.8. The molecule has 2 aromatic rings. The molecule has 0 amide bonds. The topological polar surface area (TPSA) is 36.4 Å². The summed E-state index contributed by atoms with van der Waals surface area (Å²) >= 11 is 6.16. The van der Waals surface area contributed by atoms with Crippen LogP contribution in [0.2, 0.25) is 5.02 Å². The van der Waals surface area contributed by atoms with Gasteiger partial charge in [-0.15, -0.1) is 0 Å². The summed E-state index contributed by atoms with van der Waals surface area (Å²) in [6.07, 6.45) is 1.18. The van der Waals surface area contributed by atoms with Crippen LogP contribution in [-0.4, -0.2) is 17.1 Å². The molecule has 0 spiro atoms. The molecular weight excluding hydrogens is 260 g/mol. The highest BCUT2D eigenvalue weighted by molar-refractivity contribution is 6.31. The second-order valence-electron chi connectivity index (χ2n) is 4.54. The van der Waals surface area contributed by atoms with Gasteiger partial charge in [-0.25, -0.2) is 4.98 Å². The molecule has 0 aliphatic rings. The molecule has 1 atom stereocenters. The first-order valence-corrected chi connectivity index (χ1v) is 6.55. The van der Waals surface area contributed by atoms with Crippen molar-refractivity contribution >= 4 is 17.4 Å². The zero-order valence-electron chi connectivity index (χ0n) is 11.0. The largest absolute Gasteiger partial charge is 0.389 e. The number of pyridine rings is 1. The van der Waals surface area contributed by atoms with Crippen molar-refractivity contribution in [3.05, 3.63) is 58.7 Å². The minimum Gasteiger partial charge on any atom is -0.389 e. The Kier molecular flexibility index (Phi) is 4.40. The third-order valence-corrected chi connectivity index (χ3v) is 3.36. The minimum atomic E-state index is -0.544. The van der Waals surface area contributed by atoms with Crippen molar-refractivity contribution in [2.75, 3.05) is 11.9 Å². The molecule has 1 heterocycles. The number of nitrogens with zero attached hydrogens (tertiary/aromatic N) is 2. The molecule has 0 saturated carbocycles. The molecule has 100 valence electrons. The molecule has 4 heteroatoms. The van der Waals surface area contributed by atoms with Gasteiger partial charge in [0.15, 0.2) is 0 Å². The number of hydrogen-bond donors (Lipinski definition) is 1. The second-order valence-corrected chi connectivity index (χ2v) is 4.95. The Labute approximate surface area is 118 Å². The molecule has 0 radical (unpaired) electrons. The highest BCUT2D eigenvalue weighted by atomic mass is 35.5. The van der Waals surface area contributed by atoms with E-state index >= 15 is 0 Å². The number of aliphatic hydroxyl groups excluding tert-OH is 1. The number of rotatable bonds is 4. The minimum absolute atomic E-state index is 0.544. The third-order valence-electron chi connectivity index (χ3n) is 2.99. The lowest BCUT2D eigenvalue weighted by atomic mass is 10.1. The van der Waals surface area contributed by atoms with Crippen LogP contribution in [0.1, 0.15) is 24.2 Å². The van der Waals surface area contributed by atoms with Crippen LogP contribution in [0.3, 0.4) is 0 Å². The van der Waals surface area contributed by atoms with E-state index in [1.807, 2.05) is 48.3 Å². The molecule has 0 fully saturated rings. The van der Waals surface area contributed by atoms with Crippen molar-refractivity contribution in [2.45, 2.75) is 19.6 Å². The van der Waals surface area contributed by atoms with Crippen LogP contribution < -0.4 is 4.90 Å². The third kappa shape index (κ3) is 3.25. The smallest absolute Gasteiger partial charge is 0.134 e. The lowest BCUT2D eigenvalue weighted by Crippen LogP contribution is -2.20. The Bertz CT molecular complexity index is 557. The van der Waals surface area contributed by atoms with Gasteiger partial charge in [-0.3, -0.25) is 0 Å². The summed E-state index contributed by atoms with van der Waals surface area (Å²) in [7, 11) is 1.94.